The molecule has 1 aliphatic rings. The minimum atomic E-state index is -3.82. The zero-order valence-electron chi connectivity index (χ0n) is 21.7. The number of nitrogens with one attached hydrogen (secondary N) is 1. The molecule has 2 aromatic carbocycles. The van der Waals surface area contributed by atoms with Crippen molar-refractivity contribution in [3.63, 3.8) is 0 Å². The first-order valence-corrected chi connectivity index (χ1v) is 15.4. The molecule has 1 unspecified atom stereocenters. The standard InChI is InChI=1S/C28H24Cl2N4O5S2/c1-33(41(37,38)20-10-8-19(29)9-11-20)16-25-26(30)21(17-40-25)28(36)34-15-24(39-23-7-3-2-6-22(23)34)27(35)32-14-18-5-4-12-31-13-18/h2-13,17,24H,14-16H2,1H3,(H,32,35). The summed E-state index contributed by atoms with van der Waals surface area (Å²) in [6, 6.07) is 16.4. The predicted molar refractivity (Wildman–Crippen MR) is 158 cm³/mol. The monoisotopic (exact) mass is 630 g/mol. The van der Waals surface area contributed by atoms with Crippen LogP contribution in [-0.4, -0.2) is 49.2 Å². The maximum absolute atomic E-state index is 13.8. The van der Waals surface area contributed by atoms with E-state index in [0.717, 1.165) is 9.87 Å². The quantitative estimate of drug-likeness (QED) is 0.294. The number of carbonyl (C=O) groups is 2. The highest BCUT2D eigenvalue weighted by molar-refractivity contribution is 7.89. The van der Waals surface area contributed by atoms with Gasteiger partial charge < -0.3 is 15.0 Å². The van der Waals surface area contributed by atoms with E-state index in [1.54, 1.807) is 48.1 Å². The summed E-state index contributed by atoms with van der Waals surface area (Å²) in [5, 5.41) is 5.00. The number of nitrogens with zero attached hydrogens (tertiary/aromatic N) is 3. The molecule has 13 heteroatoms. The number of halogens is 2. The molecule has 1 N–H and O–H groups in total. The Hall–Kier alpha value is -3.48. The molecular weight excluding hydrogens is 607 g/mol. The molecule has 0 saturated carbocycles. The van der Waals surface area contributed by atoms with Crippen molar-refractivity contribution in [3.8, 4) is 5.75 Å². The molecule has 2 aromatic heterocycles. The Bertz CT molecular complexity index is 1680. The zero-order chi connectivity index (χ0) is 29.1. The summed E-state index contributed by atoms with van der Waals surface area (Å²) < 4.78 is 33.2. The van der Waals surface area contributed by atoms with Crippen molar-refractivity contribution in [2.75, 3.05) is 18.5 Å². The van der Waals surface area contributed by atoms with Crippen molar-refractivity contribution in [3.05, 3.63) is 104 Å². The van der Waals surface area contributed by atoms with Gasteiger partial charge >= 0.3 is 0 Å². The molecular formula is C28H24Cl2N4O5S2. The number of fused-ring (bicyclic) bond motifs is 1. The van der Waals surface area contributed by atoms with Gasteiger partial charge in [-0.05, 0) is 48.0 Å². The number of para-hydroxylation sites is 2. The van der Waals surface area contributed by atoms with E-state index in [-0.39, 0.29) is 41.0 Å². The first-order chi connectivity index (χ1) is 19.6. The van der Waals surface area contributed by atoms with Gasteiger partial charge in [0.25, 0.3) is 11.8 Å². The summed E-state index contributed by atoms with van der Waals surface area (Å²) in [6.45, 7) is 0.177. The fraction of sp³-hybridized carbons (Fsp3) is 0.179. The predicted octanol–water partition coefficient (Wildman–Crippen LogP) is 4.99. The largest absolute Gasteiger partial charge is 0.477 e. The van der Waals surface area contributed by atoms with Gasteiger partial charge in [0.2, 0.25) is 10.0 Å². The number of benzene rings is 2. The van der Waals surface area contributed by atoms with Crippen LogP contribution in [0.2, 0.25) is 10.0 Å². The molecule has 0 fully saturated rings. The van der Waals surface area contributed by atoms with Crippen LogP contribution in [0.5, 0.6) is 5.75 Å². The average molecular weight is 632 g/mol. The summed E-state index contributed by atoms with van der Waals surface area (Å²) in [5.74, 6) is -0.428. The maximum Gasteiger partial charge on any atom is 0.263 e. The fourth-order valence-corrected chi connectivity index (χ4v) is 6.92. The Balaban J connectivity index is 1.34. The van der Waals surface area contributed by atoms with Crippen LogP contribution in [0.1, 0.15) is 20.8 Å². The first kappa shape index (κ1) is 29.0. The molecule has 0 bridgehead atoms. The Morgan fingerprint density at radius 1 is 1.12 bits per heavy atom. The van der Waals surface area contributed by atoms with Gasteiger partial charge in [-0.1, -0.05) is 41.4 Å². The minimum absolute atomic E-state index is 0.0406. The number of hydrogen-bond acceptors (Lipinski definition) is 7. The first-order valence-electron chi connectivity index (χ1n) is 12.4. The van der Waals surface area contributed by atoms with E-state index >= 15 is 0 Å². The number of anilines is 1. The van der Waals surface area contributed by atoms with Crippen molar-refractivity contribution >= 4 is 62.1 Å². The second-order valence-electron chi connectivity index (χ2n) is 9.17. The number of pyridine rings is 1. The number of sulfonamides is 1. The van der Waals surface area contributed by atoms with E-state index in [9.17, 15) is 18.0 Å². The third kappa shape index (κ3) is 6.24. The van der Waals surface area contributed by atoms with Crippen LogP contribution in [0.4, 0.5) is 5.69 Å². The smallest absolute Gasteiger partial charge is 0.263 e. The molecule has 0 saturated heterocycles. The van der Waals surface area contributed by atoms with Gasteiger partial charge in [0.1, 0.15) is 5.75 Å². The molecule has 3 heterocycles. The number of thiophene rings is 1. The SMILES string of the molecule is CN(Cc1scc(C(=O)N2CC(C(=O)NCc3cccnc3)Oc3ccccc32)c1Cl)S(=O)(=O)c1ccc(Cl)cc1. The van der Waals surface area contributed by atoms with E-state index in [4.69, 9.17) is 27.9 Å². The number of aromatic nitrogens is 1. The lowest BCUT2D eigenvalue weighted by Gasteiger charge is -2.34. The molecule has 1 atom stereocenters. The fourth-order valence-electron chi connectivity index (χ4n) is 4.22. The number of hydrogen-bond donors (Lipinski definition) is 1. The van der Waals surface area contributed by atoms with Crippen molar-refractivity contribution in [1.29, 1.82) is 0 Å². The summed E-state index contributed by atoms with van der Waals surface area (Å²) in [7, 11) is -2.38. The second-order valence-corrected chi connectivity index (χ2v) is 13.0. The normalized spacial score (nSPS) is 14.8. The molecule has 41 heavy (non-hydrogen) atoms. The van der Waals surface area contributed by atoms with Crippen LogP contribution in [0, 0.1) is 0 Å². The van der Waals surface area contributed by atoms with Gasteiger partial charge in [0.05, 0.1) is 27.7 Å². The van der Waals surface area contributed by atoms with Crippen LogP contribution < -0.4 is 15.0 Å². The van der Waals surface area contributed by atoms with E-state index < -0.39 is 22.0 Å². The van der Waals surface area contributed by atoms with E-state index in [0.29, 0.717) is 21.3 Å². The maximum atomic E-state index is 13.8. The molecule has 0 spiro atoms. The molecule has 0 aliphatic carbocycles. The van der Waals surface area contributed by atoms with Gasteiger partial charge in [-0.15, -0.1) is 11.3 Å². The Morgan fingerprint density at radius 2 is 1.88 bits per heavy atom. The van der Waals surface area contributed by atoms with Gasteiger partial charge in [0, 0.05) is 47.8 Å². The highest BCUT2D eigenvalue weighted by atomic mass is 35.5. The van der Waals surface area contributed by atoms with Crippen LogP contribution in [0.3, 0.4) is 0 Å². The van der Waals surface area contributed by atoms with Crippen LogP contribution in [-0.2, 0) is 27.9 Å². The third-order valence-electron chi connectivity index (χ3n) is 6.42. The molecule has 2 amide bonds. The van der Waals surface area contributed by atoms with Gasteiger partial charge in [-0.3, -0.25) is 14.6 Å². The zero-order valence-corrected chi connectivity index (χ0v) is 24.8. The Kier molecular flexibility index (Phi) is 8.62. The van der Waals surface area contributed by atoms with Gasteiger partial charge in [-0.2, -0.15) is 4.31 Å². The Labute approximate surface area is 251 Å². The summed E-state index contributed by atoms with van der Waals surface area (Å²) >= 11 is 13.7. The summed E-state index contributed by atoms with van der Waals surface area (Å²) in [4.78, 5) is 32.9. The Morgan fingerprint density at radius 3 is 2.61 bits per heavy atom. The van der Waals surface area contributed by atoms with Crippen LogP contribution in [0.15, 0.2) is 83.3 Å². The molecule has 0 radical (unpaired) electrons. The molecule has 4 aromatic rings. The number of carbonyl (C=O) groups excluding carboxylic acids is 2. The second kappa shape index (κ2) is 12.2. The highest BCUT2D eigenvalue weighted by Gasteiger charge is 2.35. The van der Waals surface area contributed by atoms with Crippen LogP contribution >= 0.6 is 34.5 Å². The van der Waals surface area contributed by atoms with Crippen molar-refractivity contribution < 1.29 is 22.7 Å². The van der Waals surface area contributed by atoms with Crippen molar-refractivity contribution in [2.24, 2.45) is 0 Å². The van der Waals surface area contributed by atoms with Gasteiger partial charge in [-0.25, -0.2) is 8.42 Å². The average Bonchev–Trinajstić information content (AvgIpc) is 3.35. The number of rotatable bonds is 8. The third-order valence-corrected chi connectivity index (χ3v) is 10.0. The van der Waals surface area contributed by atoms with Gasteiger partial charge in [0.15, 0.2) is 6.10 Å². The van der Waals surface area contributed by atoms with E-state index in [1.165, 1.54) is 47.5 Å². The molecule has 9 nitrogen and oxygen atoms in total. The molecule has 1 aliphatic heterocycles. The van der Waals surface area contributed by atoms with E-state index in [1.807, 2.05) is 6.07 Å². The minimum Gasteiger partial charge on any atom is -0.477 e. The lowest BCUT2D eigenvalue weighted by molar-refractivity contribution is -0.128. The highest BCUT2D eigenvalue weighted by Crippen LogP contribution is 2.37. The number of ether oxygens (including phenoxy) is 1. The van der Waals surface area contributed by atoms with Crippen molar-refractivity contribution in [1.82, 2.24) is 14.6 Å². The topological polar surface area (TPSA) is 109 Å². The van der Waals surface area contributed by atoms with E-state index in [2.05, 4.69) is 10.3 Å². The lowest BCUT2D eigenvalue weighted by Crippen LogP contribution is -2.50. The molecule has 5 rings (SSSR count). The van der Waals surface area contributed by atoms with Crippen LogP contribution in [0.25, 0.3) is 0 Å². The summed E-state index contributed by atoms with van der Waals surface area (Å²) in [6.07, 6.45) is 2.34. The number of amides is 2. The molecule has 212 valence electrons. The lowest BCUT2D eigenvalue weighted by atomic mass is 10.1. The summed E-state index contributed by atoms with van der Waals surface area (Å²) in [5.41, 5.74) is 1.53. The van der Waals surface area contributed by atoms with Crippen molar-refractivity contribution in [2.45, 2.75) is 24.1 Å².